The van der Waals surface area contributed by atoms with E-state index in [-0.39, 0.29) is 0 Å². The summed E-state index contributed by atoms with van der Waals surface area (Å²) in [4.78, 5) is 0. The lowest BCUT2D eigenvalue weighted by Gasteiger charge is -2.13. The van der Waals surface area contributed by atoms with Gasteiger partial charge in [-0.25, -0.2) is 0 Å². The SMILES string of the molecule is COc1ccc(NCC(C)C)c(OC)c1. The van der Waals surface area contributed by atoms with Gasteiger partial charge in [-0.1, -0.05) is 13.8 Å². The summed E-state index contributed by atoms with van der Waals surface area (Å²) >= 11 is 0. The number of methoxy groups -OCH3 is 2. The van der Waals surface area contributed by atoms with Crippen molar-refractivity contribution < 1.29 is 9.47 Å². The number of nitrogens with one attached hydrogen (secondary N) is 1. The van der Waals surface area contributed by atoms with Crippen molar-refractivity contribution in [1.82, 2.24) is 0 Å². The molecule has 3 heteroatoms. The van der Waals surface area contributed by atoms with Crippen molar-refractivity contribution >= 4 is 5.69 Å². The smallest absolute Gasteiger partial charge is 0.145 e. The number of hydrogen-bond donors (Lipinski definition) is 1. The van der Waals surface area contributed by atoms with Gasteiger partial charge in [-0.2, -0.15) is 0 Å². The van der Waals surface area contributed by atoms with Crippen LogP contribution in [0.25, 0.3) is 0 Å². The Kier molecular flexibility index (Phi) is 4.28. The minimum Gasteiger partial charge on any atom is -0.497 e. The van der Waals surface area contributed by atoms with E-state index in [0.717, 1.165) is 23.7 Å². The van der Waals surface area contributed by atoms with Gasteiger partial charge in [0.1, 0.15) is 11.5 Å². The summed E-state index contributed by atoms with van der Waals surface area (Å²) in [6.45, 7) is 5.27. The van der Waals surface area contributed by atoms with Gasteiger partial charge in [0, 0.05) is 12.6 Å². The maximum absolute atomic E-state index is 5.28. The summed E-state index contributed by atoms with van der Waals surface area (Å²) in [5.74, 6) is 2.23. The van der Waals surface area contributed by atoms with E-state index < -0.39 is 0 Å². The zero-order chi connectivity index (χ0) is 11.3. The van der Waals surface area contributed by atoms with E-state index in [9.17, 15) is 0 Å². The topological polar surface area (TPSA) is 30.5 Å². The van der Waals surface area contributed by atoms with Crippen LogP contribution in [0.5, 0.6) is 11.5 Å². The molecular weight excluding hydrogens is 190 g/mol. The van der Waals surface area contributed by atoms with Gasteiger partial charge in [0.25, 0.3) is 0 Å². The summed E-state index contributed by atoms with van der Waals surface area (Å²) in [6.07, 6.45) is 0. The molecule has 0 aliphatic carbocycles. The molecule has 0 bridgehead atoms. The van der Waals surface area contributed by atoms with E-state index >= 15 is 0 Å². The second-order valence-corrected chi connectivity index (χ2v) is 3.84. The largest absolute Gasteiger partial charge is 0.497 e. The van der Waals surface area contributed by atoms with E-state index in [1.807, 2.05) is 18.2 Å². The van der Waals surface area contributed by atoms with E-state index in [1.54, 1.807) is 14.2 Å². The molecule has 0 atom stereocenters. The Morgan fingerprint density at radius 3 is 2.47 bits per heavy atom. The van der Waals surface area contributed by atoms with Crippen LogP contribution in [0, 0.1) is 5.92 Å². The van der Waals surface area contributed by atoms with Gasteiger partial charge in [-0.05, 0) is 18.1 Å². The molecule has 0 aliphatic rings. The maximum Gasteiger partial charge on any atom is 0.145 e. The van der Waals surface area contributed by atoms with Crippen LogP contribution in [0.3, 0.4) is 0 Å². The molecule has 1 rings (SSSR count). The molecule has 1 aromatic carbocycles. The number of ether oxygens (including phenoxy) is 2. The molecule has 0 saturated heterocycles. The zero-order valence-electron chi connectivity index (χ0n) is 9.83. The molecule has 0 saturated carbocycles. The maximum atomic E-state index is 5.28. The van der Waals surface area contributed by atoms with Crippen LogP contribution in [-0.2, 0) is 0 Å². The zero-order valence-corrected chi connectivity index (χ0v) is 9.83. The van der Waals surface area contributed by atoms with Gasteiger partial charge >= 0.3 is 0 Å². The van der Waals surface area contributed by atoms with Gasteiger partial charge in [-0.15, -0.1) is 0 Å². The Balaban J connectivity index is 2.78. The number of anilines is 1. The summed E-state index contributed by atoms with van der Waals surface area (Å²) in [5, 5.41) is 3.33. The molecule has 0 spiro atoms. The highest BCUT2D eigenvalue weighted by Gasteiger charge is 2.04. The normalized spacial score (nSPS) is 10.2. The molecule has 0 fully saturated rings. The van der Waals surface area contributed by atoms with E-state index in [2.05, 4.69) is 19.2 Å². The van der Waals surface area contributed by atoms with Crippen LogP contribution in [0.15, 0.2) is 18.2 Å². The Bertz CT molecular complexity index is 310. The third kappa shape index (κ3) is 3.35. The first-order valence-corrected chi connectivity index (χ1v) is 5.13. The van der Waals surface area contributed by atoms with Crippen molar-refractivity contribution in [2.24, 2.45) is 5.92 Å². The first-order chi connectivity index (χ1) is 7.17. The molecule has 0 heterocycles. The molecule has 0 aromatic heterocycles. The Morgan fingerprint density at radius 2 is 1.93 bits per heavy atom. The Hall–Kier alpha value is -1.38. The molecular formula is C12H19NO2. The molecule has 84 valence electrons. The predicted octanol–water partition coefficient (Wildman–Crippen LogP) is 2.77. The Morgan fingerprint density at radius 1 is 1.20 bits per heavy atom. The van der Waals surface area contributed by atoms with E-state index in [0.29, 0.717) is 5.92 Å². The van der Waals surface area contributed by atoms with E-state index in [1.165, 1.54) is 0 Å². The van der Waals surface area contributed by atoms with Gasteiger partial charge in [-0.3, -0.25) is 0 Å². The standard InChI is InChI=1S/C12H19NO2/c1-9(2)8-13-11-6-5-10(14-3)7-12(11)15-4/h5-7,9,13H,8H2,1-4H3. The molecule has 0 unspecified atom stereocenters. The van der Waals surface area contributed by atoms with Crippen LogP contribution in [0.4, 0.5) is 5.69 Å². The lowest BCUT2D eigenvalue weighted by atomic mass is 10.2. The van der Waals surface area contributed by atoms with Crippen molar-refractivity contribution in [2.75, 3.05) is 26.1 Å². The second kappa shape index (κ2) is 5.49. The molecule has 1 N–H and O–H groups in total. The average molecular weight is 209 g/mol. The Labute approximate surface area is 91.4 Å². The van der Waals surface area contributed by atoms with Crippen molar-refractivity contribution in [1.29, 1.82) is 0 Å². The fourth-order valence-corrected chi connectivity index (χ4v) is 1.26. The van der Waals surface area contributed by atoms with Crippen molar-refractivity contribution in [2.45, 2.75) is 13.8 Å². The van der Waals surface area contributed by atoms with Crippen LogP contribution in [0.1, 0.15) is 13.8 Å². The highest BCUT2D eigenvalue weighted by Crippen LogP contribution is 2.28. The van der Waals surface area contributed by atoms with E-state index in [4.69, 9.17) is 9.47 Å². The molecule has 0 radical (unpaired) electrons. The van der Waals surface area contributed by atoms with Gasteiger partial charge < -0.3 is 14.8 Å². The lowest BCUT2D eigenvalue weighted by molar-refractivity contribution is 0.395. The first kappa shape index (κ1) is 11.7. The third-order valence-electron chi connectivity index (χ3n) is 2.11. The molecule has 0 aliphatic heterocycles. The number of hydrogen-bond acceptors (Lipinski definition) is 3. The van der Waals surface area contributed by atoms with Gasteiger partial charge in [0.05, 0.1) is 19.9 Å². The highest BCUT2D eigenvalue weighted by molar-refractivity contribution is 5.59. The van der Waals surface area contributed by atoms with Gasteiger partial charge in [0.15, 0.2) is 0 Å². The minimum absolute atomic E-state index is 0.608. The minimum atomic E-state index is 0.608. The summed E-state index contributed by atoms with van der Waals surface area (Å²) in [5.41, 5.74) is 1.01. The summed E-state index contributed by atoms with van der Waals surface area (Å²) in [6, 6.07) is 5.77. The average Bonchev–Trinajstić information content (AvgIpc) is 2.25. The quantitative estimate of drug-likeness (QED) is 0.808. The molecule has 1 aromatic rings. The third-order valence-corrected chi connectivity index (χ3v) is 2.11. The van der Waals surface area contributed by atoms with Crippen LogP contribution < -0.4 is 14.8 Å². The van der Waals surface area contributed by atoms with Gasteiger partial charge in [0.2, 0.25) is 0 Å². The lowest BCUT2D eigenvalue weighted by Crippen LogP contribution is -2.08. The number of rotatable bonds is 5. The number of benzene rings is 1. The van der Waals surface area contributed by atoms with Crippen LogP contribution >= 0.6 is 0 Å². The molecule has 3 nitrogen and oxygen atoms in total. The fourth-order valence-electron chi connectivity index (χ4n) is 1.26. The molecule has 15 heavy (non-hydrogen) atoms. The fraction of sp³-hybridized carbons (Fsp3) is 0.500. The van der Waals surface area contributed by atoms with Crippen molar-refractivity contribution in [3.05, 3.63) is 18.2 Å². The summed E-state index contributed by atoms with van der Waals surface area (Å²) in [7, 11) is 3.31. The first-order valence-electron chi connectivity index (χ1n) is 5.13. The summed E-state index contributed by atoms with van der Waals surface area (Å²) < 4.78 is 10.4. The van der Waals surface area contributed by atoms with Crippen molar-refractivity contribution in [3.8, 4) is 11.5 Å². The molecule has 0 amide bonds. The second-order valence-electron chi connectivity index (χ2n) is 3.84. The van der Waals surface area contributed by atoms with Crippen LogP contribution in [-0.4, -0.2) is 20.8 Å². The van der Waals surface area contributed by atoms with Crippen LogP contribution in [0.2, 0.25) is 0 Å². The predicted molar refractivity (Wildman–Crippen MR) is 62.9 cm³/mol. The monoisotopic (exact) mass is 209 g/mol. The highest BCUT2D eigenvalue weighted by atomic mass is 16.5. The van der Waals surface area contributed by atoms with Crippen molar-refractivity contribution in [3.63, 3.8) is 0 Å².